The fourth-order valence-corrected chi connectivity index (χ4v) is 2.17. The van der Waals surface area contributed by atoms with Crippen LogP contribution >= 0.6 is 0 Å². The molecule has 2 aromatic carbocycles. The molecule has 0 aliphatic heterocycles. The number of benzene rings is 2. The van der Waals surface area contributed by atoms with Gasteiger partial charge in [0.2, 0.25) is 5.89 Å². The van der Waals surface area contributed by atoms with Gasteiger partial charge in [-0.05, 0) is 38.1 Å². The lowest BCUT2D eigenvalue weighted by molar-refractivity contribution is 0.0269. The van der Waals surface area contributed by atoms with Crippen LogP contribution in [0.1, 0.15) is 34.8 Å². The van der Waals surface area contributed by atoms with Crippen molar-refractivity contribution in [1.82, 2.24) is 10.2 Å². The second-order valence-corrected chi connectivity index (χ2v) is 5.46. The van der Waals surface area contributed by atoms with Crippen LogP contribution < -0.4 is 0 Å². The molecule has 3 aromatic rings. The lowest BCUT2D eigenvalue weighted by atomic mass is 10.1. The Morgan fingerprint density at radius 3 is 2.36 bits per heavy atom. The van der Waals surface area contributed by atoms with E-state index < -0.39 is 29.3 Å². The van der Waals surface area contributed by atoms with Crippen molar-refractivity contribution in [1.29, 1.82) is 0 Å². The van der Waals surface area contributed by atoms with Gasteiger partial charge in [0.1, 0.15) is 17.2 Å². The van der Waals surface area contributed by atoms with Gasteiger partial charge in [0.15, 0.2) is 6.10 Å². The summed E-state index contributed by atoms with van der Waals surface area (Å²) in [5.41, 5.74) is 1.04. The number of halogens is 2. The first-order chi connectivity index (χ1) is 12.0. The van der Waals surface area contributed by atoms with Gasteiger partial charge in [0.25, 0.3) is 5.89 Å². The Morgan fingerprint density at radius 2 is 1.72 bits per heavy atom. The van der Waals surface area contributed by atoms with Gasteiger partial charge in [-0.2, -0.15) is 0 Å². The summed E-state index contributed by atoms with van der Waals surface area (Å²) in [4.78, 5) is 12.0. The van der Waals surface area contributed by atoms with Crippen molar-refractivity contribution >= 4 is 5.97 Å². The predicted octanol–water partition coefficient (Wildman–Crippen LogP) is 4.24. The highest BCUT2D eigenvalue weighted by atomic mass is 19.1. The van der Waals surface area contributed by atoms with Gasteiger partial charge in [0, 0.05) is 5.56 Å². The standard InChI is InChI=1S/C18H14F2N2O3/c1-10-6-8-12(9-7-10)17-22-21-16(25-17)11(2)24-18(23)15-13(19)4-3-5-14(15)20/h3-9,11H,1-2H3/t11-/m0/s1. The number of nitrogens with zero attached hydrogens (tertiary/aromatic N) is 2. The second-order valence-electron chi connectivity index (χ2n) is 5.46. The minimum absolute atomic E-state index is 0.0284. The summed E-state index contributed by atoms with van der Waals surface area (Å²) in [6.45, 7) is 3.43. The number of carbonyl (C=O) groups is 1. The fraction of sp³-hybridized carbons (Fsp3) is 0.167. The number of hydrogen-bond donors (Lipinski definition) is 0. The number of rotatable bonds is 4. The van der Waals surface area contributed by atoms with E-state index in [1.807, 2.05) is 31.2 Å². The lowest BCUT2D eigenvalue weighted by Crippen LogP contribution is -2.13. The Bertz CT molecular complexity index is 887. The molecule has 0 saturated heterocycles. The topological polar surface area (TPSA) is 65.2 Å². The molecule has 1 aromatic heterocycles. The van der Waals surface area contributed by atoms with E-state index in [0.717, 1.165) is 23.8 Å². The molecule has 0 unspecified atom stereocenters. The van der Waals surface area contributed by atoms with Crippen LogP contribution in [0.4, 0.5) is 8.78 Å². The van der Waals surface area contributed by atoms with Crippen molar-refractivity contribution in [2.24, 2.45) is 0 Å². The van der Waals surface area contributed by atoms with E-state index >= 15 is 0 Å². The van der Waals surface area contributed by atoms with Crippen molar-refractivity contribution in [2.45, 2.75) is 20.0 Å². The average Bonchev–Trinajstić information content (AvgIpc) is 3.05. The minimum atomic E-state index is -1.14. The molecule has 1 atom stereocenters. The molecule has 0 fully saturated rings. The SMILES string of the molecule is Cc1ccc(-c2nnc([C@H](C)OC(=O)c3c(F)cccc3F)o2)cc1. The molecule has 25 heavy (non-hydrogen) atoms. The molecule has 1 heterocycles. The van der Waals surface area contributed by atoms with Gasteiger partial charge in [-0.1, -0.05) is 23.8 Å². The number of ether oxygens (including phenoxy) is 1. The third-order valence-electron chi connectivity index (χ3n) is 3.54. The Labute approximate surface area is 142 Å². The Balaban J connectivity index is 1.77. The summed E-state index contributed by atoms with van der Waals surface area (Å²) in [5, 5.41) is 7.72. The van der Waals surface area contributed by atoms with Gasteiger partial charge in [-0.3, -0.25) is 0 Å². The Morgan fingerprint density at radius 1 is 1.08 bits per heavy atom. The summed E-state index contributed by atoms with van der Waals surface area (Å²) in [6, 6.07) is 10.5. The van der Waals surface area contributed by atoms with E-state index in [2.05, 4.69) is 10.2 Å². The molecule has 128 valence electrons. The van der Waals surface area contributed by atoms with Crippen LogP contribution in [0.15, 0.2) is 46.9 Å². The van der Waals surface area contributed by atoms with E-state index in [1.165, 1.54) is 6.92 Å². The summed E-state index contributed by atoms with van der Waals surface area (Å²) in [6.07, 6.45) is -0.960. The van der Waals surface area contributed by atoms with Crippen LogP contribution in [0.5, 0.6) is 0 Å². The van der Waals surface area contributed by atoms with Crippen LogP contribution in [0.3, 0.4) is 0 Å². The minimum Gasteiger partial charge on any atom is -0.449 e. The molecule has 3 rings (SSSR count). The van der Waals surface area contributed by atoms with Crippen LogP contribution in [0.25, 0.3) is 11.5 Å². The van der Waals surface area contributed by atoms with Crippen molar-refractivity contribution < 1.29 is 22.7 Å². The van der Waals surface area contributed by atoms with Gasteiger partial charge < -0.3 is 9.15 Å². The normalized spacial score (nSPS) is 12.0. The van der Waals surface area contributed by atoms with Crippen molar-refractivity contribution in [3.8, 4) is 11.5 Å². The Kier molecular flexibility index (Phi) is 4.56. The molecule has 0 saturated carbocycles. The van der Waals surface area contributed by atoms with Gasteiger partial charge >= 0.3 is 5.97 Å². The van der Waals surface area contributed by atoms with E-state index in [-0.39, 0.29) is 11.8 Å². The number of aryl methyl sites for hydroxylation is 1. The monoisotopic (exact) mass is 344 g/mol. The maximum absolute atomic E-state index is 13.6. The first-order valence-electron chi connectivity index (χ1n) is 7.51. The molecule has 0 N–H and O–H groups in total. The zero-order valence-corrected chi connectivity index (χ0v) is 13.5. The third kappa shape index (κ3) is 3.55. The van der Waals surface area contributed by atoms with Crippen LogP contribution in [-0.4, -0.2) is 16.2 Å². The summed E-state index contributed by atoms with van der Waals surface area (Å²) < 4.78 is 37.8. The highest BCUT2D eigenvalue weighted by Crippen LogP contribution is 2.24. The number of carbonyl (C=O) groups excluding carboxylic acids is 1. The van der Waals surface area contributed by atoms with E-state index in [0.29, 0.717) is 5.56 Å². The van der Waals surface area contributed by atoms with E-state index in [4.69, 9.17) is 9.15 Å². The maximum atomic E-state index is 13.6. The second kappa shape index (κ2) is 6.80. The lowest BCUT2D eigenvalue weighted by Gasteiger charge is -2.10. The van der Waals surface area contributed by atoms with Crippen molar-refractivity contribution in [3.63, 3.8) is 0 Å². The first-order valence-corrected chi connectivity index (χ1v) is 7.51. The predicted molar refractivity (Wildman–Crippen MR) is 84.7 cm³/mol. The van der Waals surface area contributed by atoms with Crippen molar-refractivity contribution in [2.75, 3.05) is 0 Å². The maximum Gasteiger partial charge on any atom is 0.344 e. The zero-order chi connectivity index (χ0) is 18.0. The number of hydrogen-bond acceptors (Lipinski definition) is 5. The molecular formula is C18H14F2N2O3. The van der Waals surface area contributed by atoms with Gasteiger partial charge in [-0.25, -0.2) is 13.6 Å². The van der Waals surface area contributed by atoms with Gasteiger partial charge in [0.05, 0.1) is 0 Å². The molecule has 0 aliphatic carbocycles. The van der Waals surface area contributed by atoms with E-state index in [9.17, 15) is 13.6 Å². The largest absolute Gasteiger partial charge is 0.449 e. The summed E-state index contributed by atoms with van der Waals surface area (Å²) >= 11 is 0. The number of esters is 1. The molecular weight excluding hydrogens is 330 g/mol. The molecule has 0 radical (unpaired) electrons. The third-order valence-corrected chi connectivity index (χ3v) is 3.54. The molecule has 0 bridgehead atoms. The van der Waals surface area contributed by atoms with Crippen LogP contribution in [-0.2, 0) is 4.74 Å². The van der Waals surface area contributed by atoms with Crippen molar-refractivity contribution in [3.05, 3.63) is 71.1 Å². The molecule has 0 aliphatic rings. The van der Waals surface area contributed by atoms with Crippen LogP contribution in [0, 0.1) is 18.6 Å². The highest BCUT2D eigenvalue weighted by Gasteiger charge is 2.24. The van der Waals surface area contributed by atoms with Gasteiger partial charge in [-0.15, -0.1) is 10.2 Å². The van der Waals surface area contributed by atoms with Crippen LogP contribution in [0.2, 0.25) is 0 Å². The van der Waals surface area contributed by atoms with E-state index in [1.54, 1.807) is 0 Å². The molecule has 7 heteroatoms. The highest BCUT2D eigenvalue weighted by molar-refractivity contribution is 5.90. The zero-order valence-electron chi connectivity index (χ0n) is 13.5. The average molecular weight is 344 g/mol. The fourth-order valence-electron chi connectivity index (χ4n) is 2.17. The molecule has 5 nitrogen and oxygen atoms in total. The summed E-state index contributed by atoms with van der Waals surface area (Å²) in [5.74, 6) is -2.85. The molecule has 0 spiro atoms. The summed E-state index contributed by atoms with van der Waals surface area (Å²) in [7, 11) is 0. The number of aromatic nitrogens is 2. The first kappa shape index (κ1) is 16.8. The molecule has 0 amide bonds. The Hall–Kier alpha value is -3.09. The quantitative estimate of drug-likeness (QED) is 0.662. The smallest absolute Gasteiger partial charge is 0.344 e.